The van der Waals surface area contributed by atoms with E-state index in [0.29, 0.717) is 0 Å². The van der Waals surface area contributed by atoms with Crippen molar-refractivity contribution in [3.05, 3.63) is 16.7 Å². The number of H-pyrrole nitrogens is 1. The summed E-state index contributed by atoms with van der Waals surface area (Å²) in [7, 11) is 0. The van der Waals surface area contributed by atoms with E-state index >= 15 is 0 Å². The number of hydrogen-bond acceptors (Lipinski definition) is 2. The number of rotatable bonds is 2. The highest BCUT2D eigenvalue weighted by Gasteiger charge is 2.22. The summed E-state index contributed by atoms with van der Waals surface area (Å²) in [6, 6.07) is 0. The first-order valence-corrected chi connectivity index (χ1v) is 7.41. The Labute approximate surface area is 107 Å². The highest BCUT2D eigenvalue weighted by molar-refractivity contribution is 7.99. The highest BCUT2D eigenvalue weighted by atomic mass is 32.2. The van der Waals surface area contributed by atoms with Crippen molar-refractivity contribution in [3.63, 3.8) is 0 Å². The van der Waals surface area contributed by atoms with Crippen molar-refractivity contribution in [1.82, 2.24) is 9.55 Å². The van der Waals surface area contributed by atoms with Crippen LogP contribution in [0.1, 0.15) is 32.9 Å². The molecule has 1 aromatic heterocycles. The van der Waals surface area contributed by atoms with E-state index in [4.69, 9.17) is 12.2 Å². The summed E-state index contributed by atoms with van der Waals surface area (Å²) >= 11 is 7.44. The maximum atomic E-state index is 5.38. The standard InChI is InChI=1S/C12H20N2S2/c1-12(2,3)10-6-13-11(15)14(10)7-9-4-5-16-8-9/h6,9H,4-5,7-8H2,1-3H3,(H,13,15). The molecule has 0 amide bonds. The third-order valence-electron chi connectivity index (χ3n) is 3.10. The summed E-state index contributed by atoms with van der Waals surface area (Å²) < 4.78 is 3.17. The molecule has 1 atom stereocenters. The van der Waals surface area contributed by atoms with Gasteiger partial charge in [0.25, 0.3) is 0 Å². The molecule has 1 aliphatic heterocycles. The minimum absolute atomic E-state index is 0.166. The maximum Gasteiger partial charge on any atom is 0.177 e. The van der Waals surface area contributed by atoms with Crippen LogP contribution in [-0.4, -0.2) is 21.1 Å². The van der Waals surface area contributed by atoms with Crippen molar-refractivity contribution in [2.45, 2.75) is 39.2 Å². The second-order valence-corrected chi connectivity index (χ2v) is 7.11. The molecule has 2 rings (SSSR count). The number of thioether (sulfide) groups is 1. The molecule has 2 nitrogen and oxygen atoms in total. The monoisotopic (exact) mass is 256 g/mol. The van der Waals surface area contributed by atoms with Gasteiger partial charge in [0.15, 0.2) is 4.77 Å². The Kier molecular flexibility index (Phi) is 3.50. The Balaban J connectivity index is 2.25. The number of aromatic nitrogens is 2. The van der Waals surface area contributed by atoms with Crippen molar-refractivity contribution in [2.24, 2.45) is 5.92 Å². The first-order valence-electron chi connectivity index (χ1n) is 5.85. The highest BCUT2D eigenvalue weighted by Crippen LogP contribution is 2.28. The van der Waals surface area contributed by atoms with Crippen molar-refractivity contribution >= 4 is 24.0 Å². The first-order chi connectivity index (χ1) is 7.48. The van der Waals surface area contributed by atoms with Crippen LogP contribution < -0.4 is 0 Å². The Bertz CT molecular complexity index is 405. The van der Waals surface area contributed by atoms with Crippen LogP contribution in [0.15, 0.2) is 6.20 Å². The van der Waals surface area contributed by atoms with Gasteiger partial charge in [0.2, 0.25) is 0 Å². The van der Waals surface area contributed by atoms with Gasteiger partial charge in [-0.05, 0) is 36.1 Å². The summed E-state index contributed by atoms with van der Waals surface area (Å²) in [5, 5.41) is 0. The minimum atomic E-state index is 0.166. The van der Waals surface area contributed by atoms with Gasteiger partial charge in [0, 0.05) is 23.9 Å². The molecule has 4 heteroatoms. The fourth-order valence-electron chi connectivity index (χ4n) is 2.18. The molecule has 0 aliphatic carbocycles. The molecule has 1 N–H and O–H groups in total. The molecule has 0 bridgehead atoms. The second-order valence-electron chi connectivity index (χ2n) is 5.57. The fourth-order valence-corrected chi connectivity index (χ4v) is 3.69. The fraction of sp³-hybridized carbons (Fsp3) is 0.750. The molecule has 2 heterocycles. The van der Waals surface area contributed by atoms with Crippen molar-refractivity contribution in [1.29, 1.82) is 0 Å². The van der Waals surface area contributed by atoms with Crippen LogP contribution in [0.4, 0.5) is 0 Å². The van der Waals surface area contributed by atoms with Gasteiger partial charge in [-0.1, -0.05) is 20.8 Å². The van der Waals surface area contributed by atoms with E-state index in [1.54, 1.807) is 0 Å². The molecular formula is C12H20N2S2. The first kappa shape index (κ1) is 12.2. The lowest BCUT2D eigenvalue weighted by molar-refractivity contribution is 0.443. The molecule has 0 spiro atoms. The zero-order valence-electron chi connectivity index (χ0n) is 10.2. The lowest BCUT2D eigenvalue weighted by atomic mass is 9.92. The second kappa shape index (κ2) is 4.57. The third-order valence-corrected chi connectivity index (χ3v) is 4.67. The average Bonchev–Trinajstić information content (AvgIpc) is 2.76. The van der Waals surface area contributed by atoms with Crippen LogP contribution in [0.2, 0.25) is 0 Å². The average molecular weight is 256 g/mol. The van der Waals surface area contributed by atoms with Crippen molar-refractivity contribution < 1.29 is 0 Å². The molecule has 1 saturated heterocycles. The van der Waals surface area contributed by atoms with Gasteiger partial charge < -0.3 is 9.55 Å². The van der Waals surface area contributed by atoms with Crippen LogP contribution in [0, 0.1) is 10.7 Å². The van der Waals surface area contributed by atoms with Crippen LogP contribution in [0.3, 0.4) is 0 Å². The van der Waals surface area contributed by atoms with Gasteiger partial charge in [0.05, 0.1) is 0 Å². The molecule has 1 unspecified atom stereocenters. The quantitative estimate of drug-likeness (QED) is 0.816. The molecule has 0 saturated carbocycles. The molecule has 0 aromatic carbocycles. The zero-order chi connectivity index (χ0) is 11.8. The maximum absolute atomic E-state index is 5.38. The van der Waals surface area contributed by atoms with E-state index in [1.807, 2.05) is 0 Å². The Morgan fingerprint density at radius 1 is 1.56 bits per heavy atom. The predicted octanol–water partition coefficient (Wildman–Crippen LogP) is 3.60. The van der Waals surface area contributed by atoms with Gasteiger partial charge in [-0.3, -0.25) is 0 Å². The Morgan fingerprint density at radius 2 is 2.31 bits per heavy atom. The van der Waals surface area contributed by atoms with E-state index < -0.39 is 0 Å². The van der Waals surface area contributed by atoms with E-state index in [2.05, 4.69) is 48.3 Å². The normalized spacial score (nSPS) is 21.6. The summed E-state index contributed by atoms with van der Waals surface area (Å²) in [5.41, 5.74) is 1.49. The van der Waals surface area contributed by atoms with E-state index in [1.165, 1.54) is 23.6 Å². The summed E-state index contributed by atoms with van der Waals surface area (Å²) in [5.74, 6) is 3.40. The molecule has 90 valence electrons. The molecule has 1 aromatic rings. The Morgan fingerprint density at radius 3 is 2.88 bits per heavy atom. The number of imidazole rings is 1. The molecule has 1 fully saturated rings. The number of aromatic amines is 1. The van der Waals surface area contributed by atoms with Gasteiger partial charge in [-0.15, -0.1) is 0 Å². The largest absolute Gasteiger partial charge is 0.337 e. The predicted molar refractivity (Wildman–Crippen MR) is 73.7 cm³/mol. The minimum Gasteiger partial charge on any atom is -0.337 e. The number of nitrogens with one attached hydrogen (secondary N) is 1. The zero-order valence-corrected chi connectivity index (χ0v) is 11.9. The number of hydrogen-bond donors (Lipinski definition) is 1. The van der Waals surface area contributed by atoms with E-state index in [-0.39, 0.29) is 5.41 Å². The lowest BCUT2D eigenvalue weighted by Crippen LogP contribution is -2.20. The molecule has 1 aliphatic rings. The molecular weight excluding hydrogens is 236 g/mol. The topological polar surface area (TPSA) is 20.7 Å². The van der Waals surface area contributed by atoms with Crippen LogP contribution in [0.5, 0.6) is 0 Å². The molecule has 0 radical (unpaired) electrons. The summed E-state index contributed by atoms with van der Waals surface area (Å²) in [6.45, 7) is 7.81. The number of nitrogens with zero attached hydrogens (tertiary/aromatic N) is 1. The SMILES string of the molecule is CC(C)(C)c1c[nH]c(=S)n1CC1CCSC1. The van der Waals surface area contributed by atoms with Gasteiger partial charge in [0.1, 0.15) is 0 Å². The smallest absolute Gasteiger partial charge is 0.177 e. The van der Waals surface area contributed by atoms with E-state index in [0.717, 1.165) is 17.2 Å². The van der Waals surface area contributed by atoms with Crippen molar-refractivity contribution in [3.8, 4) is 0 Å². The summed E-state index contributed by atoms with van der Waals surface area (Å²) in [6.07, 6.45) is 3.41. The van der Waals surface area contributed by atoms with E-state index in [9.17, 15) is 0 Å². The Hall–Kier alpha value is -0.220. The molecule has 16 heavy (non-hydrogen) atoms. The van der Waals surface area contributed by atoms with Crippen LogP contribution in [0.25, 0.3) is 0 Å². The third kappa shape index (κ3) is 2.54. The lowest BCUT2D eigenvalue weighted by Gasteiger charge is -2.22. The van der Waals surface area contributed by atoms with Gasteiger partial charge in [-0.2, -0.15) is 11.8 Å². The van der Waals surface area contributed by atoms with Crippen LogP contribution >= 0.6 is 24.0 Å². The van der Waals surface area contributed by atoms with Gasteiger partial charge in [-0.25, -0.2) is 0 Å². The van der Waals surface area contributed by atoms with Crippen LogP contribution in [-0.2, 0) is 12.0 Å². The van der Waals surface area contributed by atoms with Crippen molar-refractivity contribution in [2.75, 3.05) is 11.5 Å². The summed E-state index contributed by atoms with van der Waals surface area (Å²) in [4.78, 5) is 3.19. The van der Waals surface area contributed by atoms with Gasteiger partial charge >= 0.3 is 0 Å².